The fourth-order valence-electron chi connectivity index (χ4n) is 1.41. The molecule has 15 heavy (non-hydrogen) atoms. The van der Waals surface area contributed by atoms with E-state index in [1.807, 2.05) is 24.3 Å². The number of carbonyl (C=O) groups excluding carboxylic acids is 1. The average Bonchev–Trinajstić information content (AvgIpc) is 2.24. The van der Waals surface area contributed by atoms with Crippen molar-refractivity contribution < 1.29 is 4.79 Å². The second-order valence-corrected chi connectivity index (χ2v) is 5.58. The zero-order chi connectivity index (χ0) is 11.0. The van der Waals surface area contributed by atoms with Crippen LogP contribution in [0.25, 0.3) is 10.8 Å². The number of hydrogen-bond donors (Lipinski definition) is 0. The molecule has 4 heteroatoms. The molecular formula is C11H5Br3O. The quantitative estimate of drug-likeness (QED) is 0.628. The van der Waals surface area contributed by atoms with E-state index in [9.17, 15) is 4.79 Å². The average molecular weight is 393 g/mol. The van der Waals surface area contributed by atoms with Gasteiger partial charge in [-0.05, 0) is 60.8 Å². The van der Waals surface area contributed by atoms with Crippen LogP contribution in [-0.2, 0) is 0 Å². The van der Waals surface area contributed by atoms with E-state index in [0.717, 1.165) is 30.5 Å². The smallest absolute Gasteiger partial charge is 0.151 e. The first kappa shape index (κ1) is 11.3. The van der Waals surface area contributed by atoms with Gasteiger partial charge in [0.15, 0.2) is 6.29 Å². The molecule has 0 bridgehead atoms. The van der Waals surface area contributed by atoms with Gasteiger partial charge in [0.1, 0.15) is 0 Å². The third-order valence-electron chi connectivity index (χ3n) is 2.14. The van der Waals surface area contributed by atoms with Crippen molar-refractivity contribution in [1.29, 1.82) is 0 Å². The first-order valence-electron chi connectivity index (χ1n) is 4.16. The summed E-state index contributed by atoms with van der Waals surface area (Å²) in [6, 6.07) is 7.81. The number of aldehydes is 1. The Balaban J connectivity index is 2.90. The molecule has 1 nitrogen and oxygen atoms in total. The number of hydrogen-bond acceptors (Lipinski definition) is 1. The molecule has 2 rings (SSSR count). The Hall–Kier alpha value is -0.190. The zero-order valence-electron chi connectivity index (χ0n) is 7.43. The monoisotopic (exact) mass is 390 g/mol. The van der Waals surface area contributed by atoms with Crippen molar-refractivity contribution in [2.45, 2.75) is 0 Å². The van der Waals surface area contributed by atoms with Crippen LogP contribution in [0.15, 0.2) is 37.7 Å². The predicted molar refractivity (Wildman–Crippen MR) is 72.4 cm³/mol. The Morgan fingerprint density at radius 3 is 2.40 bits per heavy atom. The van der Waals surface area contributed by atoms with Crippen molar-refractivity contribution in [2.24, 2.45) is 0 Å². The van der Waals surface area contributed by atoms with Gasteiger partial charge < -0.3 is 0 Å². The zero-order valence-corrected chi connectivity index (χ0v) is 12.2. The molecule has 2 aromatic carbocycles. The van der Waals surface area contributed by atoms with E-state index in [2.05, 4.69) is 47.8 Å². The summed E-state index contributed by atoms with van der Waals surface area (Å²) in [5.74, 6) is 0. The van der Waals surface area contributed by atoms with Crippen LogP contribution in [0.3, 0.4) is 0 Å². The highest BCUT2D eigenvalue weighted by Gasteiger charge is 2.08. The fourth-order valence-corrected chi connectivity index (χ4v) is 2.76. The van der Waals surface area contributed by atoms with Crippen LogP contribution in [0.2, 0.25) is 0 Å². The van der Waals surface area contributed by atoms with E-state index < -0.39 is 0 Å². The number of carbonyl (C=O) groups is 1. The number of fused-ring (bicyclic) bond motifs is 1. The van der Waals surface area contributed by atoms with Gasteiger partial charge >= 0.3 is 0 Å². The molecule has 76 valence electrons. The van der Waals surface area contributed by atoms with Gasteiger partial charge in [-0.3, -0.25) is 4.79 Å². The minimum Gasteiger partial charge on any atom is -0.298 e. The van der Waals surface area contributed by atoms with Gasteiger partial charge in [0.05, 0.1) is 0 Å². The summed E-state index contributed by atoms with van der Waals surface area (Å²) >= 11 is 10.3. The molecule has 0 aliphatic heterocycles. The van der Waals surface area contributed by atoms with E-state index in [4.69, 9.17) is 0 Å². The lowest BCUT2D eigenvalue weighted by Gasteiger charge is -2.06. The van der Waals surface area contributed by atoms with Gasteiger partial charge in [0.25, 0.3) is 0 Å². The van der Waals surface area contributed by atoms with Crippen molar-refractivity contribution in [2.75, 3.05) is 0 Å². The summed E-state index contributed by atoms with van der Waals surface area (Å²) in [7, 11) is 0. The summed E-state index contributed by atoms with van der Waals surface area (Å²) in [5.41, 5.74) is 0.650. The van der Waals surface area contributed by atoms with Crippen molar-refractivity contribution in [1.82, 2.24) is 0 Å². The molecule has 0 N–H and O–H groups in total. The van der Waals surface area contributed by atoms with E-state index in [1.165, 1.54) is 0 Å². The largest absolute Gasteiger partial charge is 0.298 e. The van der Waals surface area contributed by atoms with Crippen molar-refractivity contribution in [3.63, 3.8) is 0 Å². The highest BCUT2D eigenvalue weighted by molar-refractivity contribution is 9.13. The number of halogens is 3. The molecule has 0 spiro atoms. The minimum atomic E-state index is 0.650. The van der Waals surface area contributed by atoms with Gasteiger partial charge in [-0.1, -0.05) is 22.0 Å². The predicted octanol–water partition coefficient (Wildman–Crippen LogP) is 4.94. The van der Waals surface area contributed by atoms with Crippen molar-refractivity contribution in [3.05, 3.63) is 43.2 Å². The summed E-state index contributed by atoms with van der Waals surface area (Å²) in [6.45, 7) is 0. The van der Waals surface area contributed by atoms with Crippen molar-refractivity contribution in [3.8, 4) is 0 Å². The molecule has 0 unspecified atom stereocenters. The summed E-state index contributed by atoms with van der Waals surface area (Å²) in [6.07, 6.45) is 0.844. The Bertz CT molecular complexity index is 549. The molecule has 0 saturated heterocycles. The summed E-state index contributed by atoms with van der Waals surface area (Å²) in [5, 5.41) is 2.11. The van der Waals surface area contributed by atoms with Crippen LogP contribution in [-0.4, -0.2) is 6.29 Å². The minimum absolute atomic E-state index is 0.650. The molecule has 0 heterocycles. The Morgan fingerprint density at radius 1 is 1.00 bits per heavy atom. The lowest BCUT2D eigenvalue weighted by molar-refractivity contribution is 0.112. The molecule has 0 aliphatic carbocycles. The third kappa shape index (κ3) is 2.03. The standard InChI is InChI=1S/C11H5Br3O/c12-8-2-1-6-3-7(5-15)10(13)11(14)9(6)4-8/h1-5H. The maximum atomic E-state index is 10.8. The van der Waals surface area contributed by atoms with E-state index >= 15 is 0 Å². The van der Waals surface area contributed by atoms with Gasteiger partial charge in [0, 0.05) is 19.0 Å². The van der Waals surface area contributed by atoms with Crippen LogP contribution in [0.4, 0.5) is 0 Å². The second-order valence-electron chi connectivity index (χ2n) is 3.08. The molecule has 0 radical (unpaired) electrons. The summed E-state index contributed by atoms with van der Waals surface area (Å²) in [4.78, 5) is 10.8. The molecule has 0 aromatic heterocycles. The topological polar surface area (TPSA) is 17.1 Å². The molecule has 0 saturated carbocycles. The van der Waals surface area contributed by atoms with Gasteiger partial charge in [-0.25, -0.2) is 0 Å². The first-order chi connectivity index (χ1) is 7.13. The Labute approximate surface area is 112 Å². The highest BCUT2D eigenvalue weighted by Crippen LogP contribution is 2.35. The Morgan fingerprint density at radius 2 is 1.73 bits per heavy atom. The lowest BCUT2D eigenvalue weighted by Crippen LogP contribution is -1.86. The van der Waals surface area contributed by atoms with E-state index in [0.29, 0.717) is 5.56 Å². The van der Waals surface area contributed by atoms with E-state index in [1.54, 1.807) is 0 Å². The van der Waals surface area contributed by atoms with Crippen LogP contribution in [0, 0.1) is 0 Å². The molecule has 0 aliphatic rings. The maximum Gasteiger partial charge on any atom is 0.151 e. The number of rotatable bonds is 1. The molecule has 2 aromatic rings. The second kappa shape index (κ2) is 4.36. The van der Waals surface area contributed by atoms with Crippen LogP contribution < -0.4 is 0 Å². The van der Waals surface area contributed by atoms with Crippen LogP contribution in [0.1, 0.15) is 10.4 Å². The first-order valence-corrected chi connectivity index (χ1v) is 6.54. The van der Waals surface area contributed by atoms with E-state index in [-0.39, 0.29) is 0 Å². The fraction of sp³-hybridized carbons (Fsp3) is 0. The molecular weight excluding hydrogens is 388 g/mol. The van der Waals surface area contributed by atoms with Crippen LogP contribution in [0.5, 0.6) is 0 Å². The van der Waals surface area contributed by atoms with Gasteiger partial charge in [-0.2, -0.15) is 0 Å². The number of benzene rings is 2. The third-order valence-corrected chi connectivity index (χ3v) is 4.84. The highest BCUT2D eigenvalue weighted by atomic mass is 79.9. The van der Waals surface area contributed by atoms with Crippen molar-refractivity contribution >= 4 is 64.8 Å². The Kier molecular flexibility index (Phi) is 3.28. The summed E-state index contributed by atoms with van der Waals surface area (Å²) < 4.78 is 2.72. The normalized spacial score (nSPS) is 10.6. The lowest BCUT2D eigenvalue weighted by atomic mass is 10.1. The molecule has 0 amide bonds. The molecule has 0 atom stereocenters. The molecule has 0 fully saturated rings. The van der Waals surface area contributed by atoms with Crippen LogP contribution >= 0.6 is 47.8 Å². The van der Waals surface area contributed by atoms with Gasteiger partial charge in [0.2, 0.25) is 0 Å². The maximum absolute atomic E-state index is 10.8. The SMILES string of the molecule is O=Cc1cc2ccc(Br)cc2c(Br)c1Br. The van der Waals surface area contributed by atoms with Gasteiger partial charge in [-0.15, -0.1) is 0 Å².